The molecule has 1 rings (SSSR count). The summed E-state index contributed by atoms with van der Waals surface area (Å²) in [5, 5.41) is 2.75. The van der Waals surface area contributed by atoms with E-state index in [9.17, 15) is 13.2 Å². The lowest BCUT2D eigenvalue weighted by Crippen LogP contribution is -2.43. The zero-order valence-electron chi connectivity index (χ0n) is 13.3. The minimum Gasteiger partial charge on any atom is -0.383 e. The SMILES string of the molecule is CNS(=O)(=O)c1cccc(CNC(=O)N(C)C(C)COC)c1. The van der Waals surface area contributed by atoms with Crippen LogP contribution in [-0.2, 0) is 21.3 Å². The average Bonchev–Trinajstić information content (AvgIpc) is 2.52. The molecule has 0 heterocycles. The normalized spacial score (nSPS) is 12.7. The van der Waals surface area contributed by atoms with E-state index in [1.165, 1.54) is 24.1 Å². The summed E-state index contributed by atoms with van der Waals surface area (Å²) in [7, 11) is 1.13. The van der Waals surface area contributed by atoms with Crippen LogP contribution in [0.25, 0.3) is 0 Å². The summed E-state index contributed by atoms with van der Waals surface area (Å²) in [6.07, 6.45) is 0. The van der Waals surface area contributed by atoms with Crippen LogP contribution in [0.5, 0.6) is 0 Å². The summed E-state index contributed by atoms with van der Waals surface area (Å²) in [6, 6.07) is 6.14. The van der Waals surface area contributed by atoms with E-state index in [0.717, 1.165) is 0 Å². The Kier molecular flexibility index (Phi) is 6.79. The fourth-order valence-electron chi connectivity index (χ4n) is 1.80. The van der Waals surface area contributed by atoms with Crippen molar-refractivity contribution in [1.82, 2.24) is 14.9 Å². The van der Waals surface area contributed by atoms with Gasteiger partial charge in [-0.1, -0.05) is 12.1 Å². The van der Waals surface area contributed by atoms with Crippen LogP contribution in [0, 0.1) is 0 Å². The van der Waals surface area contributed by atoms with Gasteiger partial charge in [0.2, 0.25) is 10.0 Å². The number of hydrogen-bond acceptors (Lipinski definition) is 4. The van der Waals surface area contributed by atoms with E-state index in [2.05, 4.69) is 10.0 Å². The quantitative estimate of drug-likeness (QED) is 0.773. The number of rotatable bonds is 7. The molecule has 0 aromatic heterocycles. The molecule has 1 aromatic carbocycles. The number of benzene rings is 1. The highest BCUT2D eigenvalue weighted by Crippen LogP contribution is 2.11. The molecule has 1 aromatic rings. The van der Waals surface area contributed by atoms with Gasteiger partial charge in [-0.2, -0.15) is 0 Å². The Hall–Kier alpha value is -1.64. The van der Waals surface area contributed by atoms with Gasteiger partial charge in [0.25, 0.3) is 0 Å². The molecule has 0 radical (unpaired) electrons. The molecule has 0 aliphatic carbocycles. The highest BCUT2D eigenvalue weighted by molar-refractivity contribution is 7.89. The lowest BCUT2D eigenvalue weighted by molar-refractivity contribution is 0.123. The van der Waals surface area contributed by atoms with E-state index < -0.39 is 10.0 Å². The molecule has 0 saturated carbocycles. The van der Waals surface area contributed by atoms with Gasteiger partial charge in [0.05, 0.1) is 17.5 Å². The van der Waals surface area contributed by atoms with Crippen molar-refractivity contribution in [3.63, 3.8) is 0 Å². The van der Waals surface area contributed by atoms with Crippen molar-refractivity contribution in [3.8, 4) is 0 Å². The summed E-state index contributed by atoms with van der Waals surface area (Å²) in [5.41, 5.74) is 0.706. The number of carbonyl (C=O) groups excluding carboxylic acids is 1. The summed E-state index contributed by atoms with van der Waals surface area (Å²) >= 11 is 0. The van der Waals surface area contributed by atoms with Crippen LogP contribution in [-0.4, -0.2) is 53.2 Å². The number of carbonyl (C=O) groups is 1. The third kappa shape index (κ3) is 4.97. The van der Waals surface area contributed by atoms with Crippen LogP contribution in [0.1, 0.15) is 12.5 Å². The van der Waals surface area contributed by atoms with E-state index in [0.29, 0.717) is 12.2 Å². The standard InChI is InChI=1S/C14H23N3O4S/c1-11(10-21-4)17(3)14(18)16-9-12-6-5-7-13(8-12)22(19,20)15-2/h5-8,11,15H,9-10H2,1-4H3,(H,16,18). The Morgan fingerprint density at radius 3 is 2.68 bits per heavy atom. The van der Waals surface area contributed by atoms with Crippen molar-refractivity contribution in [2.24, 2.45) is 0 Å². The first-order valence-electron chi connectivity index (χ1n) is 6.84. The first-order valence-corrected chi connectivity index (χ1v) is 8.32. The summed E-state index contributed by atoms with van der Waals surface area (Å²) < 4.78 is 30.7. The lowest BCUT2D eigenvalue weighted by Gasteiger charge is -2.24. The summed E-state index contributed by atoms with van der Waals surface area (Å²) in [6.45, 7) is 2.57. The first kappa shape index (κ1) is 18.4. The number of sulfonamides is 1. The molecule has 0 saturated heterocycles. The molecule has 22 heavy (non-hydrogen) atoms. The minimum atomic E-state index is -3.49. The summed E-state index contributed by atoms with van der Waals surface area (Å²) in [5.74, 6) is 0. The molecule has 0 spiro atoms. The molecule has 2 amide bonds. The third-order valence-corrected chi connectivity index (χ3v) is 4.72. The number of amides is 2. The maximum absolute atomic E-state index is 12.0. The van der Waals surface area contributed by atoms with Crippen molar-refractivity contribution in [3.05, 3.63) is 29.8 Å². The van der Waals surface area contributed by atoms with Crippen molar-refractivity contribution in [2.45, 2.75) is 24.4 Å². The van der Waals surface area contributed by atoms with Crippen LogP contribution in [0.2, 0.25) is 0 Å². The topological polar surface area (TPSA) is 87.7 Å². The van der Waals surface area contributed by atoms with Crippen molar-refractivity contribution in [2.75, 3.05) is 27.8 Å². The van der Waals surface area contributed by atoms with E-state index in [1.807, 2.05) is 6.92 Å². The fourth-order valence-corrected chi connectivity index (χ4v) is 2.60. The van der Waals surface area contributed by atoms with Gasteiger partial charge in [0.15, 0.2) is 0 Å². The molecule has 2 N–H and O–H groups in total. The molecule has 1 atom stereocenters. The van der Waals surface area contributed by atoms with Gasteiger partial charge in [-0.15, -0.1) is 0 Å². The zero-order chi connectivity index (χ0) is 16.8. The molecule has 124 valence electrons. The van der Waals surface area contributed by atoms with Crippen LogP contribution >= 0.6 is 0 Å². The second-order valence-corrected chi connectivity index (χ2v) is 6.82. The van der Waals surface area contributed by atoms with E-state index in [4.69, 9.17) is 4.74 Å². The second kappa shape index (κ2) is 8.11. The Balaban J connectivity index is 2.69. The van der Waals surface area contributed by atoms with Gasteiger partial charge in [-0.3, -0.25) is 0 Å². The van der Waals surface area contributed by atoms with Crippen LogP contribution in [0.4, 0.5) is 4.79 Å². The van der Waals surface area contributed by atoms with Gasteiger partial charge < -0.3 is 15.0 Å². The zero-order valence-corrected chi connectivity index (χ0v) is 14.1. The molecule has 0 aliphatic rings. The largest absolute Gasteiger partial charge is 0.383 e. The number of nitrogens with one attached hydrogen (secondary N) is 2. The number of urea groups is 1. The Morgan fingerprint density at radius 2 is 2.09 bits per heavy atom. The van der Waals surface area contributed by atoms with Crippen LogP contribution in [0.15, 0.2) is 29.2 Å². The average molecular weight is 329 g/mol. The van der Waals surface area contributed by atoms with E-state index >= 15 is 0 Å². The molecule has 1 unspecified atom stereocenters. The van der Waals surface area contributed by atoms with Crippen molar-refractivity contribution >= 4 is 16.1 Å². The predicted molar refractivity (Wildman–Crippen MR) is 84.0 cm³/mol. The van der Waals surface area contributed by atoms with Crippen LogP contribution in [0.3, 0.4) is 0 Å². The lowest BCUT2D eigenvalue weighted by atomic mass is 10.2. The number of methoxy groups -OCH3 is 1. The first-order chi connectivity index (χ1) is 10.3. The Bertz CT molecular complexity index is 604. The molecule has 0 fully saturated rings. The van der Waals surface area contributed by atoms with Gasteiger partial charge in [0, 0.05) is 20.7 Å². The van der Waals surface area contributed by atoms with Crippen molar-refractivity contribution < 1.29 is 17.9 Å². The maximum atomic E-state index is 12.0. The highest BCUT2D eigenvalue weighted by atomic mass is 32.2. The second-order valence-electron chi connectivity index (χ2n) is 4.93. The monoisotopic (exact) mass is 329 g/mol. The minimum absolute atomic E-state index is 0.0546. The van der Waals surface area contributed by atoms with E-state index in [1.54, 1.807) is 26.3 Å². The van der Waals surface area contributed by atoms with E-state index in [-0.39, 0.29) is 23.5 Å². The predicted octanol–water partition coefficient (Wildman–Crippen LogP) is 0.771. The molecule has 8 heteroatoms. The number of likely N-dealkylation sites (N-methyl/N-ethyl adjacent to an activating group) is 1. The third-order valence-electron chi connectivity index (χ3n) is 3.31. The Labute approximate surface area is 131 Å². The van der Waals surface area contributed by atoms with Crippen molar-refractivity contribution in [1.29, 1.82) is 0 Å². The molecular weight excluding hydrogens is 306 g/mol. The molecule has 7 nitrogen and oxygen atoms in total. The Morgan fingerprint density at radius 1 is 1.41 bits per heavy atom. The molecule has 0 aliphatic heterocycles. The van der Waals surface area contributed by atoms with Crippen LogP contribution < -0.4 is 10.0 Å². The number of ether oxygens (including phenoxy) is 1. The molecule has 0 bridgehead atoms. The van der Waals surface area contributed by atoms with Gasteiger partial charge in [-0.05, 0) is 31.7 Å². The molecular formula is C14H23N3O4S. The fraction of sp³-hybridized carbons (Fsp3) is 0.500. The summed E-state index contributed by atoms with van der Waals surface area (Å²) in [4.78, 5) is 13.7. The number of nitrogens with zero attached hydrogens (tertiary/aromatic N) is 1. The number of hydrogen-bond donors (Lipinski definition) is 2. The van der Waals surface area contributed by atoms with Gasteiger partial charge in [0.1, 0.15) is 0 Å². The van der Waals surface area contributed by atoms with Gasteiger partial charge >= 0.3 is 6.03 Å². The van der Waals surface area contributed by atoms with Gasteiger partial charge in [-0.25, -0.2) is 17.9 Å². The maximum Gasteiger partial charge on any atom is 0.317 e. The smallest absolute Gasteiger partial charge is 0.317 e. The highest BCUT2D eigenvalue weighted by Gasteiger charge is 2.16.